The predicted octanol–water partition coefficient (Wildman–Crippen LogP) is 2.38. The highest BCUT2D eigenvalue weighted by molar-refractivity contribution is 7.89. The van der Waals surface area contributed by atoms with Crippen LogP contribution in [0.1, 0.15) is 24.1 Å². The van der Waals surface area contributed by atoms with Gasteiger partial charge in [0.15, 0.2) is 0 Å². The number of nitrogens with one attached hydrogen (secondary N) is 1. The van der Waals surface area contributed by atoms with E-state index in [1.807, 2.05) is 19.1 Å². The quantitative estimate of drug-likeness (QED) is 0.906. The van der Waals surface area contributed by atoms with Crippen LogP contribution in [0.25, 0.3) is 0 Å². The fourth-order valence-electron chi connectivity index (χ4n) is 1.97. The molecule has 0 saturated carbocycles. The zero-order valence-electron chi connectivity index (χ0n) is 11.4. The summed E-state index contributed by atoms with van der Waals surface area (Å²) in [6, 6.07) is 15.6. The summed E-state index contributed by atoms with van der Waals surface area (Å²) in [5.74, 6) is 0. The Morgan fingerprint density at radius 2 is 1.90 bits per heavy atom. The van der Waals surface area contributed by atoms with Crippen molar-refractivity contribution in [2.24, 2.45) is 5.14 Å². The second-order valence-corrected chi connectivity index (χ2v) is 6.24. The normalized spacial score (nSPS) is 12.4. The highest BCUT2D eigenvalue weighted by Gasteiger charge is 2.10. The maximum Gasteiger partial charge on any atom is 0.238 e. The van der Waals surface area contributed by atoms with Crippen molar-refractivity contribution in [1.29, 1.82) is 5.26 Å². The van der Waals surface area contributed by atoms with Gasteiger partial charge in [-0.2, -0.15) is 5.26 Å². The molecule has 0 aromatic heterocycles. The van der Waals surface area contributed by atoms with Gasteiger partial charge in [0.2, 0.25) is 10.0 Å². The van der Waals surface area contributed by atoms with Crippen LogP contribution in [0.4, 0.5) is 5.69 Å². The highest BCUT2D eigenvalue weighted by atomic mass is 32.2. The number of nitrogens with zero attached hydrogens (tertiary/aromatic N) is 1. The summed E-state index contributed by atoms with van der Waals surface area (Å²) in [6.07, 6.45) is 0. The van der Waals surface area contributed by atoms with Crippen molar-refractivity contribution in [3.05, 3.63) is 59.7 Å². The van der Waals surface area contributed by atoms with Gasteiger partial charge in [-0.15, -0.1) is 0 Å². The number of benzene rings is 2. The standard InChI is InChI=1S/C15H15N3O2S/c1-11(13-5-2-4-12(8-13)10-16)18-14-6-3-7-15(9-14)21(17,19)20/h2-9,11,18H,1H3,(H2,17,19,20). The molecule has 6 heteroatoms. The van der Waals surface area contributed by atoms with Gasteiger partial charge in [0.25, 0.3) is 0 Å². The van der Waals surface area contributed by atoms with Gasteiger partial charge in [-0.05, 0) is 42.8 Å². The molecule has 1 unspecified atom stereocenters. The van der Waals surface area contributed by atoms with Gasteiger partial charge in [0.1, 0.15) is 0 Å². The molecule has 0 amide bonds. The Morgan fingerprint density at radius 3 is 2.57 bits per heavy atom. The van der Waals surface area contributed by atoms with Gasteiger partial charge in [-0.25, -0.2) is 13.6 Å². The lowest BCUT2D eigenvalue weighted by molar-refractivity contribution is 0.598. The molecular weight excluding hydrogens is 286 g/mol. The van der Waals surface area contributed by atoms with E-state index in [2.05, 4.69) is 11.4 Å². The minimum absolute atomic E-state index is 0.0606. The Balaban J connectivity index is 2.24. The van der Waals surface area contributed by atoms with E-state index in [1.54, 1.807) is 24.3 Å². The molecule has 0 saturated heterocycles. The zero-order chi connectivity index (χ0) is 15.5. The number of anilines is 1. The van der Waals surface area contributed by atoms with Crippen LogP contribution in [0.2, 0.25) is 0 Å². The predicted molar refractivity (Wildman–Crippen MR) is 81.0 cm³/mol. The average molecular weight is 301 g/mol. The lowest BCUT2D eigenvalue weighted by atomic mass is 10.1. The van der Waals surface area contributed by atoms with Crippen LogP contribution in [-0.4, -0.2) is 8.42 Å². The second kappa shape index (κ2) is 5.95. The van der Waals surface area contributed by atoms with Crippen LogP contribution in [0, 0.1) is 11.3 Å². The molecule has 0 bridgehead atoms. The number of hydrogen-bond donors (Lipinski definition) is 2. The van der Waals surface area contributed by atoms with Crippen LogP contribution < -0.4 is 10.5 Å². The van der Waals surface area contributed by atoms with Crippen molar-refractivity contribution in [2.75, 3.05) is 5.32 Å². The summed E-state index contributed by atoms with van der Waals surface area (Å²) in [6.45, 7) is 1.93. The van der Waals surface area contributed by atoms with Crippen molar-refractivity contribution in [2.45, 2.75) is 17.9 Å². The molecule has 0 fully saturated rings. The molecule has 1 atom stereocenters. The van der Waals surface area contributed by atoms with Gasteiger partial charge in [0, 0.05) is 11.7 Å². The van der Waals surface area contributed by atoms with Crippen molar-refractivity contribution in [3.63, 3.8) is 0 Å². The number of nitriles is 1. The van der Waals surface area contributed by atoms with Gasteiger partial charge in [-0.3, -0.25) is 0 Å². The van der Waals surface area contributed by atoms with E-state index in [0.29, 0.717) is 11.3 Å². The fourth-order valence-corrected chi connectivity index (χ4v) is 2.53. The molecule has 2 rings (SSSR count). The number of primary sulfonamides is 1. The third-order valence-corrected chi connectivity index (χ3v) is 3.97. The van der Waals surface area contributed by atoms with Crippen LogP contribution in [0.5, 0.6) is 0 Å². The maximum absolute atomic E-state index is 11.3. The summed E-state index contributed by atoms with van der Waals surface area (Å²) >= 11 is 0. The van der Waals surface area contributed by atoms with Crippen LogP contribution >= 0.6 is 0 Å². The van der Waals surface area contributed by atoms with E-state index in [9.17, 15) is 8.42 Å². The summed E-state index contributed by atoms with van der Waals surface area (Å²) < 4.78 is 22.7. The molecule has 0 aliphatic rings. The first-order valence-corrected chi connectivity index (χ1v) is 7.84. The molecule has 3 N–H and O–H groups in total. The van der Waals surface area contributed by atoms with E-state index in [0.717, 1.165) is 5.56 Å². The molecule has 2 aromatic carbocycles. The first-order valence-electron chi connectivity index (χ1n) is 6.29. The minimum Gasteiger partial charge on any atom is -0.378 e. The molecule has 0 aliphatic heterocycles. The topological polar surface area (TPSA) is 96.0 Å². The Morgan fingerprint density at radius 1 is 1.19 bits per heavy atom. The smallest absolute Gasteiger partial charge is 0.238 e. The lowest BCUT2D eigenvalue weighted by Gasteiger charge is -2.16. The molecule has 0 heterocycles. The minimum atomic E-state index is -3.72. The van der Waals surface area contributed by atoms with E-state index < -0.39 is 10.0 Å². The molecular formula is C15H15N3O2S. The lowest BCUT2D eigenvalue weighted by Crippen LogP contribution is -2.13. The van der Waals surface area contributed by atoms with Crippen molar-refractivity contribution in [1.82, 2.24) is 0 Å². The van der Waals surface area contributed by atoms with Gasteiger partial charge < -0.3 is 5.32 Å². The third-order valence-electron chi connectivity index (χ3n) is 3.06. The fraction of sp³-hybridized carbons (Fsp3) is 0.133. The van der Waals surface area contributed by atoms with Gasteiger partial charge in [-0.1, -0.05) is 18.2 Å². The monoisotopic (exact) mass is 301 g/mol. The molecule has 0 aliphatic carbocycles. The van der Waals surface area contributed by atoms with E-state index in [4.69, 9.17) is 10.4 Å². The number of hydrogen-bond acceptors (Lipinski definition) is 4. The molecule has 108 valence electrons. The van der Waals surface area contributed by atoms with Crippen molar-refractivity contribution < 1.29 is 8.42 Å². The Bertz CT molecular complexity index is 795. The molecule has 0 radical (unpaired) electrons. The molecule has 2 aromatic rings. The Kier molecular flexibility index (Phi) is 4.26. The number of rotatable bonds is 4. The van der Waals surface area contributed by atoms with Crippen LogP contribution in [0.15, 0.2) is 53.4 Å². The Hall–Kier alpha value is -2.36. The summed E-state index contributed by atoms with van der Waals surface area (Å²) in [4.78, 5) is 0.0606. The van der Waals surface area contributed by atoms with Gasteiger partial charge in [0.05, 0.1) is 16.5 Å². The molecule has 21 heavy (non-hydrogen) atoms. The average Bonchev–Trinajstić information content (AvgIpc) is 2.46. The zero-order valence-corrected chi connectivity index (χ0v) is 12.3. The summed E-state index contributed by atoms with van der Waals surface area (Å²) in [5, 5.41) is 17.2. The van der Waals surface area contributed by atoms with Crippen molar-refractivity contribution in [3.8, 4) is 6.07 Å². The van der Waals surface area contributed by atoms with Gasteiger partial charge >= 0.3 is 0 Å². The third kappa shape index (κ3) is 3.81. The summed E-state index contributed by atoms with van der Waals surface area (Å²) in [7, 11) is -3.72. The van der Waals surface area contributed by atoms with E-state index in [-0.39, 0.29) is 10.9 Å². The van der Waals surface area contributed by atoms with E-state index in [1.165, 1.54) is 12.1 Å². The van der Waals surface area contributed by atoms with Crippen LogP contribution in [0.3, 0.4) is 0 Å². The first kappa shape index (κ1) is 15.0. The highest BCUT2D eigenvalue weighted by Crippen LogP contribution is 2.21. The second-order valence-electron chi connectivity index (χ2n) is 4.68. The number of nitrogens with two attached hydrogens (primary N) is 1. The van der Waals surface area contributed by atoms with E-state index >= 15 is 0 Å². The first-order chi connectivity index (χ1) is 9.90. The van der Waals surface area contributed by atoms with Crippen LogP contribution in [-0.2, 0) is 10.0 Å². The molecule has 0 spiro atoms. The number of sulfonamides is 1. The molecule has 5 nitrogen and oxygen atoms in total. The van der Waals surface area contributed by atoms with Crippen molar-refractivity contribution >= 4 is 15.7 Å². The Labute approximate surface area is 124 Å². The summed E-state index contributed by atoms with van der Waals surface area (Å²) in [5.41, 5.74) is 2.17. The largest absolute Gasteiger partial charge is 0.378 e. The SMILES string of the molecule is CC(Nc1cccc(S(N)(=O)=O)c1)c1cccc(C#N)c1. The maximum atomic E-state index is 11.3.